The molecule has 0 bridgehead atoms. The molecule has 8 nitrogen and oxygen atoms in total. The maximum absolute atomic E-state index is 12.7. The van der Waals surface area contributed by atoms with Gasteiger partial charge in [-0.05, 0) is 31.0 Å². The third-order valence-electron chi connectivity index (χ3n) is 5.52. The molecule has 1 aromatic heterocycles. The predicted molar refractivity (Wildman–Crippen MR) is 121 cm³/mol. The van der Waals surface area contributed by atoms with Crippen molar-refractivity contribution in [2.24, 2.45) is 0 Å². The van der Waals surface area contributed by atoms with Crippen molar-refractivity contribution in [1.29, 1.82) is 0 Å². The van der Waals surface area contributed by atoms with Gasteiger partial charge in [0.1, 0.15) is 0 Å². The lowest BCUT2D eigenvalue weighted by molar-refractivity contribution is -0.131. The third-order valence-corrected chi connectivity index (χ3v) is 6.84. The summed E-state index contributed by atoms with van der Waals surface area (Å²) in [6.45, 7) is 4.47. The fourth-order valence-electron chi connectivity index (χ4n) is 3.65. The van der Waals surface area contributed by atoms with E-state index in [1.807, 2.05) is 24.4 Å². The van der Waals surface area contributed by atoms with E-state index in [1.165, 1.54) is 11.3 Å². The van der Waals surface area contributed by atoms with Crippen molar-refractivity contribution in [2.45, 2.75) is 26.2 Å². The van der Waals surface area contributed by atoms with Crippen molar-refractivity contribution in [3.05, 3.63) is 39.9 Å². The molecule has 2 fully saturated rings. The Hall–Kier alpha value is -2.65. The number of rotatable bonds is 4. The topological polar surface area (TPSA) is 85.9 Å². The Morgan fingerprint density at radius 2 is 1.90 bits per heavy atom. The van der Waals surface area contributed by atoms with Gasteiger partial charge in [0, 0.05) is 55.2 Å². The highest BCUT2D eigenvalue weighted by Crippen LogP contribution is 2.26. The summed E-state index contributed by atoms with van der Waals surface area (Å²) in [5.41, 5.74) is 2.28. The van der Waals surface area contributed by atoms with Crippen molar-refractivity contribution in [2.75, 3.05) is 42.9 Å². The number of carbonyl (C=O) groups excluding carboxylic acids is 3. The lowest BCUT2D eigenvalue weighted by Crippen LogP contribution is -2.52. The van der Waals surface area contributed by atoms with Gasteiger partial charge in [-0.1, -0.05) is 17.7 Å². The normalized spacial score (nSPS) is 16.7. The van der Waals surface area contributed by atoms with Crippen molar-refractivity contribution < 1.29 is 14.4 Å². The first kappa shape index (κ1) is 21.6. The molecule has 2 aliphatic heterocycles. The molecule has 31 heavy (non-hydrogen) atoms. The van der Waals surface area contributed by atoms with E-state index in [4.69, 9.17) is 11.6 Å². The van der Waals surface area contributed by atoms with Crippen LogP contribution in [0.2, 0.25) is 5.02 Å². The van der Waals surface area contributed by atoms with Crippen molar-refractivity contribution >= 4 is 51.6 Å². The smallest absolute Gasteiger partial charge is 0.321 e. The molecular formula is C21H24ClN5O3S. The molecule has 0 spiro atoms. The number of benzene rings is 1. The molecule has 10 heteroatoms. The van der Waals surface area contributed by atoms with Crippen LogP contribution in [-0.2, 0) is 16.0 Å². The maximum atomic E-state index is 12.7. The van der Waals surface area contributed by atoms with E-state index in [0.717, 1.165) is 12.0 Å². The maximum Gasteiger partial charge on any atom is 0.321 e. The number of hydrogen-bond acceptors (Lipinski definition) is 5. The summed E-state index contributed by atoms with van der Waals surface area (Å²) in [5.74, 6) is 0.0736. The zero-order chi connectivity index (χ0) is 22.0. The summed E-state index contributed by atoms with van der Waals surface area (Å²) < 4.78 is 0. The molecule has 4 amide bonds. The van der Waals surface area contributed by atoms with Gasteiger partial charge in [0.15, 0.2) is 5.13 Å². The minimum Gasteiger partial charge on any atom is -0.339 e. The molecule has 0 atom stereocenters. The second-order valence-electron chi connectivity index (χ2n) is 7.71. The molecule has 3 heterocycles. The van der Waals surface area contributed by atoms with Crippen molar-refractivity contribution in [1.82, 2.24) is 14.8 Å². The molecule has 0 radical (unpaired) electrons. The monoisotopic (exact) mass is 461 g/mol. The van der Waals surface area contributed by atoms with E-state index in [-0.39, 0.29) is 24.3 Å². The van der Waals surface area contributed by atoms with Gasteiger partial charge in [-0.3, -0.25) is 14.5 Å². The number of thiazole rings is 1. The molecule has 1 N–H and O–H groups in total. The molecular weight excluding hydrogens is 438 g/mol. The number of piperazine rings is 1. The van der Waals surface area contributed by atoms with Crippen LogP contribution in [-0.4, -0.2) is 65.4 Å². The van der Waals surface area contributed by atoms with Gasteiger partial charge in [0.2, 0.25) is 11.8 Å². The van der Waals surface area contributed by atoms with Crippen LogP contribution in [0.4, 0.5) is 15.6 Å². The molecule has 164 valence electrons. The van der Waals surface area contributed by atoms with Gasteiger partial charge < -0.3 is 15.1 Å². The van der Waals surface area contributed by atoms with Crippen LogP contribution in [0.15, 0.2) is 23.6 Å². The van der Waals surface area contributed by atoms with Crippen molar-refractivity contribution in [3.8, 4) is 0 Å². The lowest BCUT2D eigenvalue weighted by Gasteiger charge is -2.34. The summed E-state index contributed by atoms with van der Waals surface area (Å²) in [4.78, 5) is 46.7. The van der Waals surface area contributed by atoms with Gasteiger partial charge in [0.05, 0.1) is 12.1 Å². The molecule has 0 saturated carbocycles. The number of carbonyl (C=O) groups is 3. The third kappa shape index (κ3) is 4.99. The Labute approximate surface area is 189 Å². The van der Waals surface area contributed by atoms with Crippen LogP contribution < -0.4 is 10.2 Å². The Kier molecular flexibility index (Phi) is 6.43. The van der Waals surface area contributed by atoms with Gasteiger partial charge in [-0.15, -0.1) is 11.3 Å². The van der Waals surface area contributed by atoms with Crippen LogP contribution in [0.1, 0.15) is 24.1 Å². The first-order valence-electron chi connectivity index (χ1n) is 10.3. The SMILES string of the molecule is Cc1ccc(NC(=O)N2CCN(C(=O)Cc3csc(N4CCCC4=O)n3)CC2)cc1Cl. The second-order valence-corrected chi connectivity index (χ2v) is 8.95. The van der Waals surface area contributed by atoms with E-state index in [0.29, 0.717) is 60.7 Å². The number of hydrogen-bond donors (Lipinski definition) is 1. The number of nitrogens with zero attached hydrogens (tertiary/aromatic N) is 4. The van der Waals surface area contributed by atoms with Gasteiger partial charge in [-0.2, -0.15) is 0 Å². The number of aryl methyl sites for hydroxylation is 1. The zero-order valence-corrected chi connectivity index (χ0v) is 18.8. The Morgan fingerprint density at radius 3 is 2.58 bits per heavy atom. The zero-order valence-electron chi connectivity index (χ0n) is 17.3. The van der Waals surface area contributed by atoms with Crippen LogP contribution in [0.3, 0.4) is 0 Å². The molecule has 0 unspecified atom stereocenters. The number of nitrogens with one attached hydrogen (secondary N) is 1. The average molecular weight is 462 g/mol. The van der Waals surface area contributed by atoms with Gasteiger partial charge in [0.25, 0.3) is 0 Å². The molecule has 2 saturated heterocycles. The van der Waals surface area contributed by atoms with Gasteiger partial charge >= 0.3 is 6.03 Å². The highest BCUT2D eigenvalue weighted by atomic mass is 35.5. The largest absolute Gasteiger partial charge is 0.339 e. The lowest BCUT2D eigenvalue weighted by atomic mass is 10.2. The highest BCUT2D eigenvalue weighted by molar-refractivity contribution is 7.14. The highest BCUT2D eigenvalue weighted by Gasteiger charge is 2.27. The van der Waals surface area contributed by atoms with E-state index in [9.17, 15) is 14.4 Å². The van der Waals surface area contributed by atoms with E-state index >= 15 is 0 Å². The van der Waals surface area contributed by atoms with Crippen LogP contribution in [0.25, 0.3) is 0 Å². The fourth-order valence-corrected chi connectivity index (χ4v) is 4.70. The summed E-state index contributed by atoms with van der Waals surface area (Å²) >= 11 is 7.52. The van der Waals surface area contributed by atoms with E-state index in [1.54, 1.807) is 20.8 Å². The molecule has 2 aliphatic rings. The number of aromatic nitrogens is 1. The number of amides is 4. The van der Waals surface area contributed by atoms with Crippen molar-refractivity contribution in [3.63, 3.8) is 0 Å². The Morgan fingerprint density at radius 1 is 1.16 bits per heavy atom. The first-order chi connectivity index (χ1) is 14.9. The average Bonchev–Trinajstić information content (AvgIpc) is 3.39. The number of anilines is 2. The summed E-state index contributed by atoms with van der Waals surface area (Å²) in [7, 11) is 0. The Balaban J connectivity index is 1.27. The van der Waals surface area contributed by atoms with Crippen LogP contribution in [0.5, 0.6) is 0 Å². The molecule has 0 aliphatic carbocycles. The standard InChI is InChI=1S/C21H24ClN5O3S/c1-14-4-5-15(11-17(14)22)23-20(30)26-9-7-25(8-10-26)19(29)12-16-13-31-21(24-16)27-6-2-3-18(27)28/h4-5,11,13H,2-3,6-10,12H2,1H3,(H,23,30). The molecule has 4 rings (SSSR count). The summed E-state index contributed by atoms with van der Waals surface area (Å²) in [6, 6.07) is 5.20. The molecule has 1 aromatic carbocycles. The van der Waals surface area contributed by atoms with Crippen LogP contribution in [0, 0.1) is 6.92 Å². The number of halogens is 1. The number of urea groups is 1. The van der Waals surface area contributed by atoms with E-state index < -0.39 is 0 Å². The van der Waals surface area contributed by atoms with E-state index in [2.05, 4.69) is 10.3 Å². The van der Waals surface area contributed by atoms with Gasteiger partial charge in [-0.25, -0.2) is 9.78 Å². The summed E-state index contributed by atoms with van der Waals surface area (Å²) in [5, 5.41) is 5.97. The second kappa shape index (κ2) is 9.23. The minimum absolute atomic E-state index is 0.0185. The minimum atomic E-state index is -0.202. The first-order valence-corrected chi connectivity index (χ1v) is 11.5. The predicted octanol–water partition coefficient (Wildman–Crippen LogP) is 3.15. The Bertz CT molecular complexity index is 1000. The molecule has 2 aromatic rings. The van der Waals surface area contributed by atoms with Crippen LogP contribution >= 0.6 is 22.9 Å². The summed E-state index contributed by atoms with van der Waals surface area (Å²) in [6.07, 6.45) is 1.61. The quantitative estimate of drug-likeness (QED) is 0.757. The fraction of sp³-hybridized carbons (Fsp3) is 0.429.